The lowest BCUT2D eigenvalue weighted by molar-refractivity contribution is -0.0295. The van der Waals surface area contributed by atoms with Crippen LogP contribution < -0.4 is 5.56 Å². The molecule has 4 nitrogen and oxygen atoms in total. The van der Waals surface area contributed by atoms with Crippen LogP contribution in [-0.2, 0) is 23.2 Å². The molecule has 0 amide bonds. The van der Waals surface area contributed by atoms with Crippen molar-refractivity contribution in [1.82, 2.24) is 9.97 Å². The maximum Gasteiger partial charge on any atom is 0.254 e. The van der Waals surface area contributed by atoms with Gasteiger partial charge in [-0.15, -0.1) is 0 Å². The van der Waals surface area contributed by atoms with Crippen LogP contribution in [0.15, 0.2) is 4.79 Å². The van der Waals surface area contributed by atoms with Gasteiger partial charge < -0.3 is 9.72 Å². The van der Waals surface area contributed by atoms with Gasteiger partial charge in [0.15, 0.2) is 0 Å². The van der Waals surface area contributed by atoms with E-state index in [1.165, 1.54) is 6.42 Å². The molecular weight excluding hydrogens is 240 g/mol. The summed E-state index contributed by atoms with van der Waals surface area (Å²) in [5, 5.41) is 0. The number of nitrogens with zero attached hydrogens (tertiary/aromatic N) is 1. The predicted octanol–water partition coefficient (Wildman–Crippen LogP) is 2.70. The smallest absolute Gasteiger partial charge is 0.254 e. The minimum absolute atomic E-state index is 0.0326. The van der Waals surface area contributed by atoms with Crippen molar-refractivity contribution in [2.45, 2.75) is 64.4 Å². The highest BCUT2D eigenvalue weighted by Crippen LogP contribution is 2.30. The van der Waals surface area contributed by atoms with Gasteiger partial charge in [-0.25, -0.2) is 4.98 Å². The molecule has 106 valence electrons. The van der Waals surface area contributed by atoms with Crippen LogP contribution in [0.1, 0.15) is 63.0 Å². The third-order valence-electron chi connectivity index (χ3n) is 4.41. The van der Waals surface area contributed by atoms with E-state index < -0.39 is 5.60 Å². The van der Waals surface area contributed by atoms with Gasteiger partial charge in [0.2, 0.25) is 0 Å². The van der Waals surface area contributed by atoms with Crippen molar-refractivity contribution >= 4 is 0 Å². The summed E-state index contributed by atoms with van der Waals surface area (Å²) in [6.07, 6.45) is 6.79. The summed E-state index contributed by atoms with van der Waals surface area (Å²) >= 11 is 0. The summed E-state index contributed by atoms with van der Waals surface area (Å²) in [4.78, 5) is 20.0. The normalized spacial score (nSPS) is 15.9. The fraction of sp³-hybridized carbons (Fsp3) is 0.733. The molecule has 0 radical (unpaired) electrons. The van der Waals surface area contributed by atoms with E-state index in [-0.39, 0.29) is 5.56 Å². The number of rotatable bonds is 4. The van der Waals surface area contributed by atoms with Crippen molar-refractivity contribution in [3.8, 4) is 0 Å². The Bertz CT molecular complexity index is 481. The molecule has 0 aliphatic heterocycles. The minimum atomic E-state index is -0.458. The SMILES string of the molecule is CCC(CC)(OC)c1nc2c(c(=O)[nH]1)CCCCC2. The molecule has 1 aromatic rings. The molecule has 0 unspecified atom stereocenters. The van der Waals surface area contributed by atoms with Crippen molar-refractivity contribution in [3.05, 3.63) is 27.4 Å². The van der Waals surface area contributed by atoms with Gasteiger partial charge in [0.25, 0.3) is 5.56 Å². The third kappa shape index (κ3) is 2.59. The Morgan fingerprint density at radius 2 is 1.89 bits per heavy atom. The molecule has 0 spiro atoms. The number of aryl methyl sites for hydroxylation is 1. The van der Waals surface area contributed by atoms with E-state index in [9.17, 15) is 4.79 Å². The van der Waals surface area contributed by atoms with E-state index in [1.54, 1.807) is 7.11 Å². The Kier molecular flexibility index (Phi) is 4.40. The summed E-state index contributed by atoms with van der Waals surface area (Å²) < 4.78 is 5.67. The highest BCUT2D eigenvalue weighted by atomic mass is 16.5. The molecule has 1 N–H and O–H groups in total. The topological polar surface area (TPSA) is 55.0 Å². The van der Waals surface area contributed by atoms with Gasteiger partial charge in [-0.1, -0.05) is 20.3 Å². The molecule has 1 aliphatic carbocycles. The molecule has 0 saturated heterocycles. The predicted molar refractivity (Wildman–Crippen MR) is 75.4 cm³/mol. The average molecular weight is 264 g/mol. The summed E-state index contributed by atoms with van der Waals surface area (Å²) in [6, 6.07) is 0. The van der Waals surface area contributed by atoms with Crippen LogP contribution in [0.5, 0.6) is 0 Å². The highest BCUT2D eigenvalue weighted by Gasteiger charge is 2.32. The van der Waals surface area contributed by atoms with E-state index in [0.717, 1.165) is 49.8 Å². The van der Waals surface area contributed by atoms with Crippen molar-refractivity contribution in [2.24, 2.45) is 0 Å². The third-order valence-corrected chi connectivity index (χ3v) is 4.41. The van der Waals surface area contributed by atoms with Crippen molar-refractivity contribution in [1.29, 1.82) is 0 Å². The second kappa shape index (κ2) is 5.87. The quantitative estimate of drug-likeness (QED) is 0.851. The number of hydrogen-bond acceptors (Lipinski definition) is 3. The molecule has 0 aromatic carbocycles. The van der Waals surface area contributed by atoms with Crippen molar-refractivity contribution in [3.63, 3.8) is 0 Å². The fourth-order valence-corrected chi connectivity index (χ4v) is 2.97. The number of fused-ring (bicyclic) bond motifs is 1. The minimum Gasteiger partial charge on any atom is -0.370 e. The lowest BCUT2D eigenvalue weighted by Gasteiger charge is -2.29. The first-order chi connectivity index (χ1) is 9.16. The summed E-state index contributed by atoms with van der Waals surface area (Å²) in [5.74, 6) is 0.700. The van der Waals surface area contributed by atoms with E-state index in [1.807, 2.05) is 0 Å². The Morgan fingerprint density at radius 3 is 2.53 bits per heavy atom. The maximum atomic E-state index is 12.3. The monoisotopic (exact) mass is 264 g/mol. The molecule has 1 heterocycles. The Hall–Kier alpha value is -1.16. The first-order valence-corrected chi connectivity index (χ1v) is 7.34. The number of H-pyrrole nitrogens is 1. The zero-order valence-corrected chi connectivity index (χ0v) is 12.2. The van der Waals surface area contributed by atoms with Gasteiger partial charge in [-0.2, -0.15) is 0 Å². The molecule has 19 heavy (non-hydrogen) atoms. The first kappa shape index (κ1) is 14.3. The van der Waals surface area contributed by atoms with Crippen LogP contribution in [0.25, 0.3) is 0 Å². The fourth-order valence-electron chi connectivity index (χ4n) is 2.97. The van der Waals surface area contributed by atoms with Crippen molar-refractivity contribution < 1.29 is 4.74 Å². The zero-order valence-electron chi connectivity index (χ0n) is 12.2. The van der Waals surface area contributed by atoms with Crippen LogP contribution in [0, 0.1) is 0 Å². The van der Waals surface area contributed by atoms with Crippen LogP contribution in [0.2, 0.25) is 0 Å². The molecule has 1 aromatic heterocycles. The molecule has 0 fully saturated rings. The van der Waals surface area contributed by atoms with Crippen LogP contribution in [0.3, 0.4) is 0 Å². The van der Waals surface area contributed by atoms with Gasteiger partial charge in [-0.05, 0) is 38.5 Å². The number of ether oxygens (including phenoxy) is 1. The van der Waals surface area contributed by atoms with Gasteiger partial charge in [0.1, 0.15) is 11.4 Å². The van der Waals surface area contributed by atoms with Crippen LogP contribution >= 0.6 is 0 Å². The zero-order chi connectivity index (χ0) is 13.9. The lowest BCUT2D eigenvalue weighted by atomic mass is 9.95. The van der Waals surface area contributed by atoms with Crippen LogP contribution in [-0.4, -0.2) is 17.1 Å². The summed E-state index contributed by atoms with van der Waals surface area (Å²) in [6.45, 7) is 4.14. The molecule has 0 bridgehead atoms. The molecule has 0 saturated carbocycles. The number of nitrogens with one attached hydrogen (secondary N) is 1. The largest absolute Gasteiger partial charge is 0.370 e. The summed E-state index contributed by atoms with van der Waals surface area (Å²) in [7, 11) is 1.69. The van der Waals surface area contributed by atoms with Gasteiger partial charge in [0.05, 0.1) is 5.69 Å². The number of aromatic amines is 1. The molecular formula is C15H24N2O2. The van der Waals surface area contributed by atoms with E-state index in [4.69, 9.17) is 9.72 Å². The van der Waals surface area contributed by atoms with Crippen molar-refractivity contribution in [2.75, 3.05) is 7.11 Å². The van der Waals surface area contributed by atoms with E-state index in [0.29, 0.717) is 5.82 Å². The maximum absolute atomic E-state index is 12.3. The van der Waals surface area contributed by atoms with Gasteiger partial charge in [0, 0.05) is 12.7 Å². The molecule has 4 heteroatoms. The molecule has 2 rings (SSSR count). The molecule has 1 aliphatic rings. The second-order valence-electron chi connectivity index (χ2n) is 5.31. The highest BCUT2D eigenvalue weighted by molar-refractivity contribution is 5.21. The second-order valence-corrected chi connectivity index (χ2v) is 5.31. The number of methoxy groups -OCH3 is 1. The van der Waals surface area contributed by atoms with Crippen LogP contribution in [0.4, 0.5) is 0 Å². The number of aromatic nitrogens is 2. The Labute approximate surface area is 114 Å². The standard InChI is InChI=1S/C15H24N2O2/c1-4-15(5-2,19-3)14-16-12-10-8-6-7-9-11(12)13(18)17-14/h4-10H2,1-3H3,(H,16,17,18). The van der Waals surface area contributed by atoms with Gasteiger partial charge >= 0.3 is 0 Å². The molecule has 0 atom stereocenters. The van der Waals surface area contributed by atoms with Gasteiger partial charge in [-0.3, -0.25) is 4.79 Å². The number of hydrogen-bond donors (Lipinski definition) is 1. The summed E-state index contributed by atoms with van der Waals surface area (Å²) in [5.41, 5.74) is 1.45. The first-order valence-electron chi connectivity index (χ1n) is 7.34. The Balaban J connectivity index is 2.51. The van der Waals surface area contributed by atoms with E-state index >= 15 is 0 Å². The Morgan fingerprint density at radius 1 is 1.21 bits per heavy atom. The van der Waals surface area contributed by atoms with E-state index in [2.05, 4.69) is 18.8 Å². The average Bonchev–Trinajstić information content (AvgIpc) is 2.67. The lowest BCUT2D eigenvalue weighted by Crippen LogP contribution is -2.33.